The molecule has 0 atom stereocenters. The summed E-state index contributed by atoms with van der Waals surface area (Å²) in [6.07, 6.45) is 1.16. The van der Waals surface area contributed by atoms with E-state index in [0.717, 1.165) is 22.9 Å². The van der Waals surface area contributed by atoms with Crippen LogP contribution in [-0.4, -0.2) is 15.0 Å². The van der Waals surface area contributed by atoms with Gasteiger partial charge in [-0.15, -0.1) is 0 Å². The minimum Gasteiger partial charge on any atom is -0.439 e. The van der Waals surface area contributed by atoms with Crippen molar-refractivity contribution in [3.8, 4) is 22.8 Å². The lowest BCUT2D eigenvalue weighted by Crippen LogP contribution is -1.91. The van der Waals surface area contributed by atoms with Gasteiger partial charge in [0.25, 0.3) is 5.69 Å². The Balaban J connectivity index is 1.75. The van der Waals surface area contributed by atoms with E-state index < -0.39 is 4.92 Å². The molecule has 1 aromatic heterocycles. The normalized spacial score (nSPS) is 10.4. The van der Waals surface area contributed by atoms with Crippen molar-refractivity contribution in [3.05, 3.63) is 82.5 Å². The van der Waals surface area contributed by atoms with Crippen LogP contribution in [0.5, 0.6) is 11.6 Å². The Kier molecular flexibility index (Phi) is 4.49. The Bertz CT molecular complexity index is 846. The van der Waals surface area contributed by atoms with Crippen LogP contribution in [0.25, 0.3) is 11.1 Å². The van der Waals surface area contributed by atoms with E-state index in [-0.39, 0.29) is 18.2 Å². The summed E-state index contributed by atoms with van der Waals surface area (Å²) in [5.74, 6) is 0.869. The number of benzene rings is 2. The van der Waals surface area contributed by atoms with Gasteiger partial charge in [0.2, 0.25) is 5.88 Å². The summed E-state index contributed by atoms with van der Waals surface area (Å²) in [6, 6.07) is 17.8. The molecule has 6 heteroatoms. The van der Waals surface area contributed by atoms with Crippen LogP contribution in [-0.2, 0) is 6.61 Å². The summed E-state index contributed by atoms with van der Waals surface area (Å²) in [6.45, 7) is 0.000841. The molecular formula is C18H14N2O4. The van der Waals surface area contributed by atoms with E-state index >= 15 is 0 Å². The highest BCUT2D eigenvalue weighted by Gasteiger charge is 2.07. The van der Waals surface area contributed by atoms with Gasteiger partial charge in [-0.3, -0.25) is 10.1 Å². The van der Waals surface area contributed by atoms with Gasteiger partial charge in [-0.2, -0.15) is 0 Å². The summed E-state index contributed by atoms with van der Waals surface area (Å²) in [5.41, 5.74) is 2.76. The first-order chi connectivity index (χ1) is 11.7. The van der Waals surface area contributed by atoms with Gasteiger partial charge in [0.05, 0.1) is 11.5 Å². The smallest absolute Gasteiger partial charge is 0.287 e. The number of ether oxygens (including phenoxy) is 1. The van der Waals surface area contributed by atoms with Crippen LogP contribution in [0, 0.1) is 10.1 Å². The number of aliphatic hydroxyl groups excluding tert-OH is 1. The first kappa shape index (κ1) is 15.6. The lowest BCUT2D eigenvalue weighted by atomic mass is 10.0. The van der Waals surface area contributed by atoms with Gasteiger partial charge >= 0.3 is 0 Å². The van der Waals surface area contributed by atoms with Crippen LogP contribution in [0.1, 0.15) is 5.56 Å². The Hall–Kier alpha value is -3.25. The fourth-order valence-electron chi connectivity index (χ4n) is 2.23. The average Bonchev–Trinajstić information content (AvgIpc) is 2.63. The van der Waals surface area contributed by atoms with Gasteiger partial charge in [-0.1, -0.05) is 30.3 Å². The molecule has 2 aromatic carbocycles. The topological polar surface area (TPSA) is 85.5 Å². The molecule has 0 aliphatic carbocycles. The van der Waals surface area contributed by atoms with Gasteiger partial charge in [0.15, 0.2) is 0 Å². The third-order valence-electron chi connectivity index (χ3n) is 3.45. The van der Waals surface area contributed by atoms with E-state index in [1.807, 2.05) is 36.4 Å². The third-order valence-corrected chi connectivity index (χ3v) is 3.45. The molecule has 0 aliphatic heterocycles. The van der Waals surface area contributed by atoms with E-state index in [1.54, 1.807) is 12.1 Å². The largest absolute Gasteiger partial charge is 0.439 e. The molecule has 0 aliphatic rings. The van der Waals surface area contributed by atoms with Crippen molar-refractivity contribution in [2.75, 3.05) is 0 Å². The molecular weight excluding hydrogens is 308 g/mol. The molecule has 0 saturated heterocycles. The van der Waals surface area contributed by atoms with Crippen molar-refractivity contribution < 1.29 is 14.8 Å². The first-order valence-electron chi connectivity index (χ1n) is 7.24. The Labute approximate surface area is 138 Å². The number of nitrogens with zero attached hydrogens (tertiary/aromatic N) is 2. The molecule has 0 radical (unpaired) electrons. The van der Waals surface area contributed by atoms with E-state index in [2.05, 4.69) is 4.98 Å². The van der Waals surface area contributed by atoms with Crippen molar-refractivity contribution in [2.45, 2.75) is 6.61 Å². The molecule has 0 amide bonds. The van der Waals surface area contributed by atoms with Crippen molar-refractivity contribution in [2.24, 2.45) is 0 Å². The number of aliphatic hydroxyl groups is 1. The lowest BCUT2D eigenvalue weighted by Gasteiger charge is -2.07. The highest BCUT2D eigenvalue weighted by Crippen LogP contribution is 2.26. The highest BCUT2D eigenvalue weighted by molar-refractivity contribution is 5.65. The van der Waals surface area contributed by atoms with Gasteiger partial charge in [0, 0.05) is 12.1 Å². The van der Waals surface area contributed by atoms with Crippen LogP contribution in [0.3, 0.4) is 0 Å². The third kappa shape index (κ3) is 3.56. The molecule has 0 saturated carbocycles. The summed E-state index contributed by atoms with van der Waals surface area (Å²) in [4.78, 5) is 14.0. The molecule has 120 valence electrons. The first-order valence-corrected chi connectivity index (χ1v) is 7.24. The fraction of sp³-hybridized carbons (Fsp3) is 0.0556. The summed E-state index contributed by atoms with van der Waals surface area (Å²) >= 11 is 0. The molecule has 3 rings (SSSR count). The second kappa shape index (κ2) is 6.89. The molecule has 0 bridgehead atoms. The van der Waals surface area contributed by atoms with Crippen molar-refractivity contribution in [1.82, 2.24) is 4.98 Å². The van der Waals surface area contributed by atoms with Crippen LogP contribution in [0.4, 0.5) is 5.69 Å². The highest BCUT2D eigenvalue weighted by atomic mass is 16.6. The summed E-state index contributed by atoms with van der Waals surface area (Å²) in [5, 5.41) is 19.8. The van der Waals surface area contributed by atoms with Gasteiger partial charge in [-0.25, -0.2) is 4.98 Å². The molecule has 3 aromatic rings. The Morgan fingerprint density at radius 1 is 1.04 bits per heavy atom. The minimum atomic E-state index is -0.508. The maximum absolute atomic E-state index is 10.6. The number of rotatable bonds is 5. The monoisotopic (exact) mass is 322 g/mol. The van der Waals surface area contributed by atoms with E-state index in [4.69, 9.17) is 4.74 Å². The zero-order valence-electron chi connectivity index (χ0n) is 12.6. The van der Waals surface area contributed by atoms with Crippen molar-refractivity contribution in [3.63, 3.8) is 0 Å². The number of nitro groups is 1. The van der Waals surface area contributed by atoms with E-state index in [1.165, 1.54) is 12.1 Å². The predicted molar refractivity (Wildman–Crippen MR) is 88.8 cm³/mol. The van der Waals surface area contributed by atoms with Crippen LogP contribution >= 0.6 is 0 Å². The molecule has 1 heterocycles. The molecule has 1 N–H and O–H groups in total. The maximum Gasteiger partial charge on any atom is 0.287 e. The lowest BCUT2D eigenvalue weighted by molar-refractivity contribution is -0.385. The standard InChI is InChI=1S/C18H14N2O4/c21-12-13-2-1-3-15(10-13)14-4-7-17(8-5-14)24-18-9-6-16(11-19-18)20(22)23/h1-11,21H,12H2. The van der Waals surface area contributed by atoms with Crippen LogP contribution in [0.2, 0.25) is 0 Å². The van der Waals surface area contributed by atoms with E-state index in [9.17, 15) is 15.2 Å². The quantitative estimate of drug-likeness (QED) is 0.568. The Morgan fingerprint density at radius 2 is 1.83 bits per heavy atom. The maximum atomic E-state index is 10.6. The summed E-state index contributed by atoms with van der Waals surface area (Å²) < 4.78 is 5.58. The zero-order chi connectivity index (χ0) is 16.9. The number of hydrogen-bond donors (Lipinski definition) is 1. The number of aromatic nitrogens is 1. The van der Waals surface area contributed by atoms with Gasteiger partial charge in [0.1, 0.15) is 11.9 Å². The van der Waals surface area contributed by atoms with Crippen LogP contribution in [0.15, 0.2) is 66.9 Å². The second-order valence-corrected chi connectivity index (χ2v) is 5.10. The average molecular weight is 322 g/mol. The molecule has 0 unspecified atom stereocenters. The second-order valence-electron chi connectivity index (χ2n) is 5.10. The Morgan fingerprint density at radius 3 is 2.46 bits per heavy atom. The van der Waals surface area contributed by atoms with Crippen LogP contribution < -0.4 is 4.74 Å². The minimum absolute atomic E-state index is 0.000841. The number of pyridine rings is 1. The molecule has 6 nitrogen and oxygen atoms in total. The van der Waals surface area contributed by atoms with Crippen molar-refractivity contribution in [1.29, 1.82) is 0 Å². The molecule has 24 heavy (non-hydrogen) atoms. The van der Waals surface area contributed by atoms with Crippen molar-refractivity contribution >= 4 is 5.69 Å². The predicted octanol–water partition coefficient (Wildman–Crippen LogP) is 3.94. The molecule has 0 spiro atoms. The zero-order valence-corrected chi connectivity index (χ0v) is 12.6. The summed E-state index contributed by atoms with van der Waals surface area (Å²) in [7, 11) is 0. The van der Waals surface area contributed by atoms with Gasteiger partial charge < -0.3 is 9.84 Å². The fourth-order valence-corrected chi connectivity index (χ4v) is 2.23. The number of hydrogen-bond acceptors (Lipinski definition) is 5. The molecule has 0 fully saturated rings. The van der Waals surface area contributed by atoms with Gasteiger partial charge in [-0.05, 0) is 34.9 Å². The SMILES string of the molecule is O=[N+]([O-])c1ccc(Oc2ccc(-c3cccc(CO)c3)cc2)nc1. The van der Waals surface area contributed by atoms with E-state index in [0.29, 0.717) is 5.75 Å².